The van der Waals surface area contributed by atoms with E-state index in [2.05, 4.69) is 0 Å². The van der Waals surface area contributed by atoms with Crippen molar-refractivity contribution in [2.24, 2.45) is 0 Å². The molecule has 0 unspecified atom stereocenters. The van der Waals surface area contributed by atoms with Gasteiger partial charge < -0.3 is 9.52 Å². The van der Waals surface area contributed by atoms with Crippen LogP contribution in [0.25, 0.3) is 0 Å². The van der Waals surface area contributed by atoms with E-state index in [9.17, 15) is 14.7 Å². The second-order valence-corrected chi connectivity index (χ2v) is 2.88. The van der Waals surface area contributed by atoms with Crippen molar-refractivity contribution in [3.05, 3.63) is 27.8 Å². The Morgan fingerprint density at radius 1 is 1.50 bits per heavy atom. The zero-order valence-corrected chi connectivity index (χ0v) is 8.16. The van der Waals surface area contributed by atoms with Gasteiger partial charge in [0.2, 0.25) is 0 Å². The summed E-state index contributed by atoms with van der Waals surface area (Å²) >= 11 is 0. The fourth-order valence-corrected chi connectivity index (χ4v) is 1.25. The van der Waals surface area contributed by atoms with E-state index in [0.717, 1.165) is 6.07 Å². The number of carbonyl (C=O) groups is 1. The van der Waals surface area contributed by atoms with Gasteiger partial charge in [-0.25, -0.2) is 4.79 Å². The molecule has 0 bridgehead atoms. The lowest BCUT2D eigenvalue weighted by molar-refractivity contribution is 0.0981. The molecule has 4 heteroatoms. The van der Waals surface area contributed by atoms with E-state index < -0.39 is 5.63 Å². The van der Waals surface area contributed by atoms with Crippen molar-refractivity contribution in [1.82, 2.24) is 0 Å². The molecule has 0 aliphatic heterocycles. The largest absolute Gasteiger partial charge is 0.507 e. The first-order valence-corrected chi connectivity index (χ1v) is 4.49. The normalized spacial score (nSPS) is 10.1. The highest BCUT2D eigenvalue weighted by Crippen LogP contribution is 2.20. The molecule has 0 fully saturated rings. The van der Waals surface area contributed by atoms with Crippen LogP contribution in [0.5, 0.6) is 5.75 Å². The van der Waals surface area contributed by atoms with E-state index in [-0.39, 0.29) is 29.3 Å². The van der Waals surface area contributed by atoms with Crippen molar-refractivity contribution in [2.45, 2.75) is 26.7 Å². The summed E-state index contributed by atoms with van der Waals surface area (Å²) < 4.78 is 4.82. The second-order valence-electron chi connectivity index (χ2n) is 2.88. The lowest BCUT2D eigenvalue weighted by Crippen LogP contribution is -2.08. The van der Waals surface area contributed by atoms with Gasteiger partial charge in [-0.15, -0.1) is 0 Å². The summed E-state index contributed by atoms with van der Waals surface area (Å²) in [5, 5.41) is 9.42. The van der Waals surface area contributed by atoms with Crippen molar-refractivity contribution in [1.29, 1.82) is 0 Å². The predicted octanol–water partition coefficient (Wildman–Crippen LogP) is 1.50. The van der Waals surface area contributed by atoms with Gasteiger partial charge in [-0.1, -0.05) is 13.8 Å². The van der Waals surface area contributed by atoms with Gasteiger partial charge in [0, 0.05) is 12.8 Å². The van der Waals surface area contributed by atoms with Crippen molar-refractivity contribution in [3.63, 3.8) is 0 Å². The molecule has 4 nitrogen and oxygen atoms in total. The van der Waals surface area contributed by atoms with E-state index in [4.69, 9.17) is 4.42 Å². The quantitative estimate of drug-likeness (QED) is 0.744. The van der Waals surface area contributed by atoms with E-state index >= 15 is 0 Å². The molecule has 0 aromatic carbocycles. The first-order chi connectivity index (χ1) is 6.60. The van der Waals surface area contributed by atoms with Crippen molar-refractivity contribution in [2.75, 3.05) is 0 Å². The first kappa shape index (κ1) is 10.5. The van der Waals surface area contributed by atoms with Gasteiger partial charge in [0.25, 0.3) is 0 Å². The van der Waals surface area contributed by atoms with E-state index in [1.165, 1.54) is 0 Å². The monoisotopic (exact) mass is 196 g/mol. The number of Topliss-reactive ketones (excluding diaryl/α,β-unsaturated/α-hetero) is 1. The minimum absolute atomic E-state index is 0.134. The maximum absolute atomic E-state index is 11.4. The number of rotatable bonds is 3. The number of hydrogen-bond donors (Lipinski definition) is 1. The number of aryl methyl sites for hydroxylation is 1. The SMILES string of the molecule is CCC(=O)c1c(O)cc(=O)oc1CC. The fraction of sp³-hybridized carbons (Fsp3) is 0.400. The van der Waals surface area contributed by atoms with E-state index in [1.807, 2.05) is 0 Å². The van der Waals surface area contributed by atoms with Crippen LogP contribution in [-0.4, -0.2) is 10.9 Å². The molecule has 0 saturated carbocycles. The summed E-state index contributed by atoms with van der Waals surface area (Å²) in [5.41, 5.74) is -0.499. The van der Waals surface area contributed by atoms with Gasteiger partial charge >= 0.3 is 5.63 Å². The highest BCUT2D eigenvalue weighted by Gasteiger charge is 2.16. The molecule has 0 atom stereocenters. The predicted molar refractivity (Wildman–Crippen MR) is 50.6 cm³/mol. The fourth-order valence-electron chi connectivity index (χ4n) is 1.25. The zero-order chi connectivity index (χ0) is 10.7. The molecule has 0 saturated heterocycles. The molecule has 1 aromatic heterocycles. The second kappa shape index (κ2) is 4.09. The Labute approximate surface area is 81.2 Å². The molecule has 0 radical (unpaired) electrons. The topological polar surface area (TPSA) is 67.5 Å². The number of hydrogen-bond acceptors (Lipinski definition) is 4. The van der Waals surface area contributed by atoms with Gasteiger partial charge in [-0.05, 0) is 0 Å². The molecule has 0 spiro atoms. The Morgan fingerprint density at radius 2 is 2.14 bits per heavy atom. The standard InChI is InChI=1S/C10H12O4/c1-3-6(11)10-7(12)5-9(13)14-8(10)4-2/h5,12H,3-4H2,1-2H3. The van der Waals surface area contributed by atoms with Gasteiger partial charge in [-0.2, -0.15) is 0 Å². The third kappa shape index (κ3) is 1.84. The van der Waals surface area contributed by atoms with E-state index in [0.29, 0.717) is 6.42 Å². The minimum Gasteiger partial charge on any atom is -0.507 e. The molecular weight excluding hydrogens is 184 g/mol. The third-order valence-electron chi connectivity index (χ3n) is 1.93. The van der Waals surface area contributed by atoms with Crippen molar-refractivity contribution in [3.8, 4) is 5.75 Å². The number of aromatic hydroxyl groups is 1. The van der Waals surface area contributed by atoms with Crippen LogP contribution in [0.4, 0.5) is 0 Å². The van der Waals surface area contributed by atoms with Crippen molar-refractivity contribution < 1.29 is 14.3 Å². The molecule has 14 heavy (non-hydrogen) atoms. The van der Waals surface area contributed by atoms with Crippen LogP contribution in [0.3, 0.4) is 0 Å². The Balaban J connectivity index is 3.39. The number of carbonyl (C=O) groups excluding carboxylic acids is 1. The van der Waals surface area contributed by atoms with Crippen LogP contribution < -0.4 is 5.63 Å². The summed E-state index contributed by atoms with van der Waals surface area (Å²) in [6.45, 7) is 3.44. The molecule has 0 amide bonds. The summed E-state index contributed by atoms with van der Waals surface area (Å²) in [6, 6.07) is 0.919. The van der Waals surface area contributed by atoms with Gasteiger partial charge in [0.05, 0.1) is 11.6 Å². The lowest BCUT2D eigenvalue weighted by atomic mass is 10.1. The number of ketones is 1. The van der Waals surface area contributed by atoms with Crippen LogP contribution in [0.1, 0.15) is 36.4 Å². The van der Waals surface area contributed by atoms with Gasteiger partial charge in [-0.3, -0.25) is 4.79 Å². The minimum atomic E-state index is -0.632. The zero-order valence-electron chi connectivity index (χ0n) is 8.16. The molecule has 76 valence electrons. The van der Waals surface area contributed by atoms with Crippen LogP contribution in [0, 0.1) is 0 Å². The highest BCUT2D eigenvalue weighted by molar-refractivity contribution is 5.99. The Bertz CT molecular complexity index is 403. The van der Waals surface area contributed by atoms with Crippen LogP contribution in [-0.2, 0) is 6.42 Å². The molecule has 1 heterocycles. The molecule has 1 aromatic rings. The Morgan fingerprint density at radius 3 is 2.64 bits per heavy atom. The van der Waals surface area contributed by atoms with E-state index in [1.54, 1.807) is 13.8 Å². The highest BCUT2D eigenvalue weighted by atomic mass is 16.4. The molecule has 0 aliphatic carbocycles. The maximum Gasteiger partial charge on any atom is 0.339 e. The molecule has 1 N–H and O–H groups in total. The Hall–Kier alpha value is -1.58. The molecular formula is C10H12O4. The van der Waals surface area contributed by atoms with Gasteiger partial charge in [0.15, 0.2) is 5.78 Å². The molecule has 0 aliphatic rings. The Kier molecular flexibility index (Phi) is 3.06. The molecule has 1 rings (SSSR count). The lowest BCUT2D eigenvalue weighted by Gasteiger charge is -2.05. The first-order valence-electron chi connectivity index (χ1n) is 4.49. The van der Waals surface area contributed by atoms with Crippen molar-refractivity contribution >= 4 is 5.78 Å². The van der Waals surface area contributed by atoms with Crippen LogP contribution >= 0.6 is 0 Å². The summed E-state index contributed by atoms with van der Waals surface area (Å²) in [5.74, 6) is -0.255. The average Bonchev–Trinajstić information content (AvgIpc) is 2.15. The van der Waals surface area contributed by atoms with Crippen LogP contribution in [0.2, 0.25) is 0 Å². The maximum atomic E-state index is 11.4. The average molecular weight is 196 g/mol. The van der Waals surface area contributed by atoms with Crippen LogP contribution in [0.15, 0.2) is 15.3 Å². The smallest absolute Gasteiger partial charge is 0.339 e. The third-order valence-corrected chi connectivity index (χ3v) is 1.93. The summed E-state index contributed by atoms with van der Waals surface area (Å²) in [7, 11) is 0. The summed E-state index contributed by atoms with van der Waals surface area (Å²) in [4.78, 5) is 22.3. The van der Waals surface area contributed by atoms with Gasteiger partial charge in [0.1, 0.15) is 11.5 Å². The summed E-state index contributed by atoms with van der Waals surface area (Å²) in [6.07, 6.45) is 0.680.